The first-order chi connectivity index (χ1) is 12.2. The van der Waals surface area contributed by atoms with Gasteiger partial charge in [0.2, 0.25) is 5.91 Å². The Labute approximate surface area is 150 Å². The van der Waals surface area contributed by atoms with Gasteiger partial charge < -0.3 is 15.4 Å². The molecule has 4 nitrogen and oxygen atoms in total. The van der Waals surface area contributed by atoms with E-state index in [-0.39, 0.29) is 11.9 Å². The summed E-state index contributed by atoms with van der Waals surface area (Å²) in [6.45, 7) is 2.06. The summed E-state index contributed by atoms with van der Waals surface area (Å²) in [7, 11) is 1.70. The molecule has 0 bridgehead atoms. The second kappa shape index (κ2) is 10.6. The number of carbonyl (C=O) groups is 1. The third kappa shape index (κ3) is 6.69. The smallest absolute Gasteiger partial charge is 0.224 e. The molecule has 0 aliphatic heterocycles. The second-order valence-electron chi connectivity index (χ2n) is 6.22. The summed E-state index contributed by atoms with van der Waals surface area (Å²) < 4.78 is 5.10. The van der Waals surface area contributed by atoms with Crippen molar-refractivity contribution in [3.8, 4) is 0 Å². The van der Waals surface area contributed by atoms with E-state index >= 15 is 0 Å². The third-order valence-electron chi connectivity index (χ3n) is 4.22. The first-order valence-corrected chi connectivity index (χ1v) is 8.82. The van der Waals surface area contributed by atoms with Crippen LogP contribution >= 0.6 is 0 Å². The summed E-state index contributed by atoms with van der Waals surface area (Å²) in [5.74, 6) is 0.0950. The number of hydrogen-bond donors (Lipinski definition) is 1. The Hall–Kier alpha value is -2.17. The molecule has 0 radical (unpaired) electrons. The molecule has 1 atom stereocenters. The van der Waals surface area contributed by atoms with Gasteiger partial charge in [0.15, 0.2) is 0 Å². The zero-order chi connectivity index (χ0) is 17.9. The molecule has 0 fully saturated rings. The molecular formula is C21H28N2O2. The van der Waals surface area contributed by atoms with Crippen LogP contribution < -0.4 is 5.73 Å². The number of nitrogens with two attached hydrogens (primary N) is 1. The van der Waals surface area contributed by atoms with Gasteiger partial charge >= 0.3 is 0 Å². The zero-order valence-corrected chi connectivity index (χ0v) is 14.9. The van der Waals surface area contributed by atoms with E-state index in [2.05, 4.69) is 0 Å². The minimum atomic E-state index is -0.272. The Bertz CT molecular complexity index is 616. The largest absolute Gasteiger partial charge is 0.385 e. The molecule has 2 aromatic carbocycles. The Morgan fingerprint density at radius 2 is 1.68 bits per heavy atom. The van der Waals surface area contributed by atoms with E-state index in [1.165, 1.54) is 0 Å². The van der Waals surface area contributed by atoms with E-state index in [9.17, 15) is 4.79 Å². The Kier molecular flexibility index (Phi) is 8.16. The fourth-order valence-corrected chi connectivity index (χ4v) is 2.78. The Morgan fingerprint density at radius 3 is 2.32 bits per heavy atom. The van der Waals surface area contributed by atoms with Crippen molar-refractivity contribution < 1.29 is 9.53 Å². The molecule has 0 aliphatic carbocycles. The summed E-state index contributed by atoms with van der Waals surface area (Å²) >= 11 is 0. The lowest BCUT2D eigenvalue weighted by Crippen LogP contribution is -2.34. The number of methoxy groups -OCH3 is 1. The lowest BCUT2D eigenvalue weighted by atomic mass is 10.0. The normalized spacial score (nSPS) is 11.9. The van der Waals surface area contributed by atoms with Crippen molar-refractivity contribution >= 4 is 5.91 Å². The summed E-state index contributed by atoms with van der Waals surface area (Å²) in [4.78, 5) is 14.7. The van der Waals surface area contributed by atoms with Crippen molar-refractivity contribution in [1.82, 2.24) is 4.90 Å². The van der Waals surface area contributed by atoms with Crippen LogP contribution in [0.1, 0.15) is 36.4 Å². The quantitative estimate of drug-likeness (QED) is 0.673. The summed E-state index contributed by atoms with van der Waals surface area (Å²) in [6.07, 6.45) is 2.19. The number of hydrogen-bond acceptors (Lipinski definition) is 3. The van der Waals surface area contributed by atoms with Gasteiger partial charge in [0.05, 0.1) is 0 Å². The standard InChI is InChI=1S/C21H28N2O2/c1-25-15-9-8-14-23(17-18-10-4-2-5-11-18)21(24)16-20(22)19-12-6-3-7-13-19/h2-7,10-13,20H,8-9,14-17,22H2,1H3. The highest BCUT2D eigenvalue weighted by atomic mass is 16.5. The number of amides is 1. The van der Waals surface area contributed by atoms with Gasteiger partial charge in [0.25, 0.3) is 0 Å². The lowest BCUT2D eigenvalue weighted by Gasteiger charge is -2.24. The Morgan fingerprint density at radius 1 is 1.04 bits per heavy atom. The molecule has 1 amide bonds. The predicted molar refractivity (Wildman–Crippen MR) is 101 cm³/mol. The molecule has 0 aliphatic rings. The van der Waals surface area contributed by atoms with Crippen LogP contribution in [0.2, 0.25) is 0 Å². The maximum Gasteiger partial charge on any atom is 0.224 e. The molecule has 2 N–H and O–H groups in total. The molecule has 2 rings (SSSR count). The summed E-state index contributed by atoms with van der Waals surface area (Å²) in [5.41, 5.74) is 8.37. The van der Waals surface area contributed by atoms with Crippen LogP contribution in [-0.4, -0.2) is 31.1 Å². The molecule has 25 heavy (non-hydrogen) atoms. The van der Waals surface area contributed by atoms with Gasteiger partial charge in [-0.15, -0.1) is 0 Å². The highest BCUT2D eigenvalue weighted by molar-refractivity contribution is 5.77. The number of rotatable bonds is 10. The summed E-state index contributed by atoms with van der Waals surface area (Å²) in [6, 6.07) is 19.6. The minimum Gasteiger partial charge on any atom is -0.385 e. The van der Waals surface area contributed by atoms with Crippen molar-refractivity contribution in [2.24, 2.45) is 5.73 Å². The lowest BCUT2D eigenvalue weighted by molar-refractivity contribution is -0.132. The zero-order valence-electron chi connectivity index (χ0n) is 14.9. The maximum absolute atomic E-state index is 12.8. The van der Waals surface area contributed by atoms with Crippen LogP contribution in [0, 0.1) is 0 Å². The number of carbonyl (C=O) groups excluding carboxylic acids is 1. The number of unbranched alkanes of at least 4 members (excludes halogenated alkanes) is 1. The van der Waals surface area contributed by atoms with E-state index in [0.717, 1.165) is 37.1 Å². The van der Waals surface area contributed by atoms with Gasteiger partial charge in [-0.2, -0.15) is 0 Å². The van der Waals surface area contributed by atoms with Crippen LogP contribution in [-0.2, 0) is 16.1 Å². The van der Waals surface area contributed by atoms with Crippen molar-refractivity contribution in [3.63, 3.8) is 0 Å². The molecule has 0 spiro atoms. The van der Waals surface area contributed by atoms with Gasteiger partial charge in [-0.05, 0) is 24.0 Å². The molecule has 0 saturated carbocycles. The van der Waals surface area contributed by atoms with Crippen LogP contribution in [0.25, 0.3) is 0 Å². The van der Waals surface area contributed by atoms with Gasteiger partial charge in [-0.1, -0.05) is 60.7 Å². The SMILES string of the molecule is COCCCCN(Cc1ccccc1)C(=O)CC(N)c1ccccc1. The third-order valence-corrected chi connectivity index (χ3v) is 4.22. The fraction of sp³-hybridized carbons (Fsp3) is 0.381. The van der Waals surface area contributed by atoms with Gasteiger partial charge in [0.1, 0.15) is 0 Å². The average molecular weight is 340 g/mol. The molecule has 134 valence electrons. The summed E-state index contributed by atoms with van der Waals surface area (Å²) in [5, 5.41) is 0. The Balaban J connectivity index is 1.98. The molecule has 0 heterocycles. The van der Waals surface area contributed by atoms with E-state index < -0.39 is 0 Å². The number of nitrogens with zero attached hydrogens (tertiary/aromatic N) is 1. The highest BCUT2D eigenvalue weighted by Gasteiger charge is 2.18. The molecular weight excluding hydrogens is 312 g/mol. The van der Waals surface area contributed by atoms with Crippen molar-refractivity contribution in [1.29, 1.82) is 0 Å². The monoisotopic (exact) mass is 340 g/mol. The molecule has 4 heteroatoms. The van der Waals surface area contributed by atoms with E-state index in [0.29, 0.717) is 13.0 Å². The van der Waals surface area contributed by atoms with E-state index in [4.69, 9.17) is 10.5 Å². The van der Waals surface area contributed by atoms with Crippen molar-refractivity contribution in [3.05, 3.63) is 71.8 Å². The molecule has 1 unspecified atom stereocenters. The van der Waals surface area contributed by atoms with Gasteiger partial charge in [-0.3, -0.25) is 4.79 Å². The van der Waals surface area contributed by atoms with E-state index in [1.54, 1.807) is 7.11 Å². The minimum absolute atomic E-state index is 0.0950. The predicted octanol–water partition coefficient (Wildman–Crippen LogP) is 3.53. The van der Waals surface area contributed by atoms with Gasteiger partial charge in [-0.25, -0.2) is 0 Å². The fourth-order valence-electron chi connectivity index (χ4n) is 2.78. The first kappa shape index (κ1) is 19.2. The molecule has 2 aromatic rings. The molecule has 0 saturated heterocycles. The van der Waals surface area contributed by atoms with Crippen molar-refractivity contribution in [2.75, 3.05) is 20.3 Å². The molecule has 0 aromatic heterocycles. The second-order valence-corrected chi connectivity index (χ2v) is 6.22. The van der Waals surface area contributed by atoms with Crippen LogP contribution in [0.4, 0.5) is 0 Å². The maximum atomic E-state index is 12.8. The topological polar surface area (TPSA) is 55.6 Å². The number of benzene rings is 2. The van der Waals surface area contributed by atoms with Gasteiger partial charge in [0, 0.05) is 39.3 Å². The van der Waals surface area contributed by atoms with Crippen LogP contribution in [0.3, 0.4) is 0 Å². The number of ether oxygens (including phenoxy) is 1. The highest BCUT2D eigenvalue weighted by Crippen LogP contribution is 2.16. The van der Waals surface area contributed by atoms with Crippen molar-refractivity contribution in [2.45, 2.75) is 31.8 Å². The average Bonchev–Trinajstić information content (AvgIpc) is 2.65. The van der Waals surface area contributed by atoms with E-state index in [1.807, 2.05) is 65.6 Å². The van der Waals surface area contributed by atoms with Crippen LogP contribution in [0.15, 0.2) is 60.7 Å². The first-order valence-electron chi connectivity index (χ1n) is 8.82. The van der Waals surface area contributed by atoms with Crippen LogP contribution in [0.5, 0.6) is 0 Å².